The Morgan fingerprint density at radius 2 is 1.75 bits per heavy atom. The van der Waals surface area contributed by atoms with Crippen LogP contribution in [-0.2, 0) is 15.0 Å². The van der Waals surface area contributed by atoms with Crippen LogP contribution in [0.1, 0.15) is 43.6 Å². The minimum Gasteiger partial charge on any atom is -0.343 e. The number of nitrogens with one attached hydrogen (secondary N) is 2. The summed E-state index contributed by atoms with van der Waals surface area (Å²) in [5, 5.41) is 2.53. The number of benzene rings is 1. The fourth-order valence-electron chi connectivity index (χ4n) is 1.57. The zero-order chi connectivity index (χ0) is 15.2. The third kappa shape index (κ3) is 5.01. The standard InChI is InChI=1S/C15H22N2O3/c1-5-20-17-13(18)10-16-14(19)11-6-8-12(9-7-11)15(2,3)4/h6-9H,5,10H2,1-4H3,(H,16,19)(H,17,18). The smallest absolute Gasteiger partial charge is 0.262 e. The largest absolute Gasteiger partial charge is 0.343 e. The van der Waals surface area contributed by atoms with Crippen LogP contribution in [0.25, 0.3) is 0 Å². The zero-order valence-corrected chi connectivity index (χ0v) is 12.4. The monoisotopic (exact) mass is 278 g/mol. The van der Waals surface area contributed by atoms with Gasteiger partial charge in [0.2, 0.25) is 0 Å². The topological polar surface area (TPSA) is 67.4 Å². The van der Waals surface area contributed by atoms with Crippen LogP contribution in [0.2, 0.25) is 0 Å². The molecule has 0 radical (unpaired) electrons. The molecule has 1 rings (SSSR count). The van der Waals surface area contributed by atoms with Crippen molar-refractivity contribution in [2.45, 2.75) is 33.1 Å². The van der Waals surface area contributed by atoms with Crippen LogP contribution in [0.5, 0.6) is 0 Å². The van der Waals surface area contributed by atoms with Crippen molar-refractivity contribution >= 4 is 11.8 Å². The van der Waals surface area contributed by atoms with Gasteiger partial charge in [0.05, 0.1) is 13.2 Å². The Morgan fingerprint density at radius 1 is 1.15 bits per heavy atom. The summed E-state index contributed by atoms with van der Waals surface area (Å²) < 4.78 is 0. The summed E-state index contributed by atoms with van der Waals surface area (Å²) in [4.78, 5) is 27.9. The van der Waals surface area contributed by atoms with Gasteiger partial charge in [-0.25, -0.2) is 5.48 Å². The first kappa shape index (κ1) is 16.2. The van der Waals surface area contributed by atoms with E-state index in [0.717, 1.165) is 5.56 Å². The Labute approximate surface area is 119 Å². The molecule has 1 aromatic rings. The molecule has 0 saturated heterocycles. The van der Waals surface area contributed by atoms with E-state index >= 15 is 0 Å². The first-order chi connectivity index (χ1) is 9.34. The Kier molecular flexibility index (Phi) is 5.70. The van der Waals surface area contributed by atoms with Gasteiger partial charge in [-0.2, -0.15) is 0 Å². The average Bonchev–Trinajstić information content (AvgIpc) is 2.41. The molecule has 0 aliphatic rings. The Morgan fingerprint density at radius 3 is 2.25 bits per heavy atom. The summed E-state index contributed by atoms with van der Waals surface area (Å²) >= 11 is 0. The highest BCUT2D eigenvalue weighted by molar-refractivity contribution is 5.96. The maximum absolute atomic E-state index is 11.9. The normalized spacial score (nSPS) is 11.0. The van der Waals surface area contributed by atoms with Gasteiger partial charge in [-0.1, -0.05) is 32.9 Å². The van der Waals surface area contributed by atoms with E-state index in [0.29, 0.717) is 12.2 Å². The van der Waals surface area contributed by atoms with Crippen LogP contribution in [0.4, 0.5) is 0 Å². The van der Waals surface area contributed by atoms with E-state index in [1.54, 1.807) is 19.1 Å². The minimum atomic E-state index is -0.383. The molecular formula is C15H22N2O3. The van der Waals surface area contributed by atoms with Crippen LogP contribution in [0, 0.1) is 0 Å². The van der Waals surface area contributed by atoms with Gasteiger partial charge in [0.25, 0.3) is 11.8 Å². The highest BCUT2D eigenvalue weighted by Gasteiger charge is 2.14. The maximum atomic E-state index is 11.9. The molecule has 0 spiro atoms. The van der Waals surface area contributed by atoms with Crippen molar-refractivity contribution < 1.29 is 14.4 Å². The molecule has 0 aliphatic carbocycles. The highest BCUT2D eigenvalue weighted by atomic mass is 16.6. The van der Waals surface area contributed by atoms with E-state index in [-0.39, 0.29) is 23.8 Å². The molecule has 2 N–H and O–H groups in total. The molecule has 0 aliphatic heterocycles. The summed E-state index contributed by atoms with van der Waals surface area (Å²) in [5.41, 5.74) is 3.95. The van der Waals surface area contributed by atoms with Crippen LogP contribution < -0.4 is 10.8 Å². The molecule has 0 saturated carbocycles. The Balaban J connectivity index is 2.54. The molecule has 2 amide bonds. The fourth-order valence-corrected chi connectivity index (χ4v) is 1.57. The number of hydrogen-bond acceptors (Lipinski definition) is 3. The number of rotatable bonds is 5. The SMILES string of the molecule is CCONC(=O)CNC(=O)c1ccc(C(C)(C)C)cc1. The third-order valence-electron chi connectivity index (χ3n) is 2.75. The van der Waals surface area contributed by atoms with Crippen molar-refractivity contribution in [2.24, 2.45) is 0 Å². The van der Waals surface area contributed by atoms with Gasteiger partial charge >= 0.3 is 0 Å². The van der Waals surface area contributed by atoms with Gasteiger partial charge in [-0.15, -0.1) is 0 Å². The molecule has 0 heterocycles. The van der Waals surface area contributed by atoms with Crippen LogP contribution in [0.3, 0.4) is 0 Å². The molecule has 5 nitrogen and oxygen atoms in total. The summed E-state index contributed by atoms with van der Waals surface area (Å²) in [6.07, 6.45) is 0. The lowest BCUT2D eigenvalue weighted by molar-refractivity contribution is -0.132. The predicted octanol–water partition coefficient (Wildman–Crippen LogP) is 1.78. The fraction of sp³-hybridized carbons (Fsp3) is 0.467. The van der Waals surface area contributed by atoms with Gasteiger partial charge in [0.1, 0.15) is 0 Å². The maximum Gasteiger partial charge on any atom is 0.262 e. The Hall–Kier alpha value is -1.88. The van der Waals surface area contributed by atoms with Crippen molar-refractivity contribution in [1.29, 1.82) is 0 Å². The Bertz CT molecular complexity index is 461. The van der Waals surface area contributed by atoms with E-state index in [4.69, 9.17) is 4.84 Å². The van der Waals surface area contributed by atoms with Gasteiger partial charge in [-0.3, -0.25) is 14.4 Å². The van der Waals surface area contributed by atoms with E-state index in [9.17, 15) is 9.59 Å². The summed E-state index contributed by atoms with van der Waals surface area (Å²) in [6, 6.07) is 7.37. The number of amides is 2. The number of carbonyl (C=O) groups excluding carboxylic acids is 2. The molecule has 0 aromatic heterocycles. The van der Waals surface area contributed by atoms with E-state index in [1.165, 1.54) is 0 Å². The van der Waals surface area contributed by atoms with Crippen molar-refractivity contribution in [1.82, 2.24) is 10.8 Å². The van der Waals surface area contributed by atoms with Crippen molar-refractivity contribution in [3.8, 4) is 0 Å². The van der Waals surface area contributed by atoms with Gasteiger partial charge < -0.3 is 5.32 Å². The lowest BCUT2D eigenvalue weighted by atomic mass is 9.87. The van der Waals surface area contributed by atoms with E-state index in [1.807, 2.05) is 12.1 Å². The van der Waals surface area contributed by atoms with Crippen molar-refractivity contribution in [3.63, 3.8) is 0 Å². The first-order valence-electron chi connectivity index (χ1n) is 6.64. The summed E-state index contributed by atoms with van der Waals surface area (Å²) in [5.74, 6) is -0.663. The molecule has 0 bridgehead atoms. The summed E-state index contributed by atoms with van der Waals surface area (Å²) in [7, 11) is 0. The number of hydroxylamine groups is 1. The lowest BCUT2D eigenvalue weighted by Crippen LogP contribution is -2.36. The molecule has 5 heteroatoms. The lowest BCUT2D eigenvalue weighted by Gasteiger charge is -2.19. The number of hydrogen-bond donors (Lipinski definition) is 2. The van der Waals surface area contributed by atoms with Gasteiger partial charge in [-0.05, 0) is 30.0 Å². The molecule has 110 valence electrons. The minimum absolute atomic E-state index is 0.0480. The zero-order valence-electron chi connectivity index (χ0n) is 12.4. The van der Waals surface area contributed by atoms with Gasteiger partial charge in [0, 0.05) is 5.56 Å². The second-order valence-corrected chi connectivity index (χ2v) is 5.47. The molecular weight excluding hydrogens is 256 g/mol. The van der Waals surface area contributed by atoms with Crippen LogP contribution >= 0.6 is 0 Å². The average molecular weight is 278 g/mol. The molecule has 20 heavy (non-hydrogen) atoms. The number of carbonyl (C=O) groups is 2. The first-order valence-corrected chi connectivity index (χ1v) is 6.64. The summed E-state index contributed by atoms with van der Waals surface area (Å²) in [6.45, 7) is 8.36. The predicted molar refractivity (Wildman–Crippen MR) is 77.2 cm³/mol. The van der Waals surface area contributed by atoms with Crippen LogP contribution in [-0.4, -0.2) is 25.0 Å². The quantitative estimate of drug-likeness (QED) is 0.807. The second-order valence-electron chi connectivity index (χ2n) is 5.47. The van der Waals surface area contributed by atoms with E-state index < -0.39 is 0 Å². The van der Waals surface area contributed by atoms with E-state index in [2.05, 4.69) is 31.6 Å². The third-order valence-corrected chi connectivity index (χ3v) is 2.75. The highest BCUT2D eigenvalue weighted by Crippen LogP contribution is 2.22. The molecule has 0 atom stereocenters. The molecule has 0 unspecified atom stereocenters. The van der Waals surface area contributed by atoms with Crippen molar-refractivity contribution in [3.05, 3.63) is 35.4 Å². The molecule has 1 aromatic carbocycles. The van der Waals surface area contributed by atoms with Crippen LogP contribution in [0.15, 0.2) is 24.3 Å². The second kappa shape index (κ2) is 7.05. The van der Waals surface area contributed by atoms with Crippen molar-refractivity contribution in [2.75, 3.05) is 13.2 Å². The molecule has 0 fully saturated rings. The van der Waals surface area contributed by atoms with Gasteiger partial charge in [0.15, 0.2) is 0 Å².